The number of thioether (sulfide) groups is 1. The van der Waals surface area contributed by atoms with Crippen molar-refractivity contribution in [2.75, 3.05) is 5.32 Å². The van der Waals surface area contributed by atoms with Gasteiger partial charge in [0.15, 0.2) is 11.0 Å². The summed E-state index contributed by atoms with van der Waals surface area (Å²) in [6.07, 6.45) is 0. The quantitative estimate of drug-likeness (QED) is 0.340. The van der Waals surface area contributed by atoms with E-state index in [1.165, 1.54) is 11.8 Å². The second kappa shape index (κ2) is 11.3. The van der Waals surface area contributed by atoms with Gasteiger partial charge in [0.05, 0.1) is 5.25 Å². The third kappa shape index (κ3) is 6.27. The average Bonchev–Trinajstić information content (AvgIpc) is 3.26. The number of hydrogen-bond acceptors (Lipinski definition) is 6. The van der Waals surface area contributed by atoms with E-state index >= 15 is 0 Å². The number of carbonyl (C=O) groups excluding carboxylic acids is 2. The lowest BCUT2D eigenvalue weighted by atomic mass is 10.2. The Hall–Kier alpha value is -4.11. The summed E-state index contributed by atoms with van der Waals surface area (Å²) in [7, 11) is 0. The normalized spacial score (nSPS) is 11.5. The van der Waals surface area contributed by atoms with Crippen LogP contribution in [0.1, 0.15) is 18.3 Å². The molecule has 0 radical (unpaired) electrons. The summed E-state index contributed by atoms with van der Waals surface area (Å²) in [6.45, 7) is 3.89. The number of amides is 3. The van der Waals surface area contributed by atoms with E-state index in [2.05, 4.69) is 20.8 Å². The summed E-state index contributed by atoms with van der Waals surface area (Å²) < 4.78 is 7.85. The molecule has 0 fully saturated rings. The first kappa shape index (κ1) is 24.0. The summed E-state index contributed by atoms with van der Waals surface area (Å²) >= 11 is 1.21. The standard InChI is InChI=1S/C26H25N5O3S/c1-18-11-9-10-16-22(18)34-17-23-29-30-26(31(23)21-14-7-4-8-15-21)35-19(2)24(32)28-25(33)27-20-12-5-3-6-13-20/h3-16,19H,17H2,1-2H3,(H2,27,28,32,33). The largest absolute Gasteiger partial charge is 0.485 e. The molecule has 3 aromatic carbocycles. The molecule has 0 aliphatic carbocycles. The van der Waals surface area contributed by atoms with Crippen LogP contribution in [0.15, 0.2) is 90.1 Å². The van der Waals surface area contributed by atoms with E-state index in [4.69, 9.17) is 4.74 Å². The fourth-order valence-electron chi connectivity index (χ4n) is 3.28. The zero-order valence-corrected chi connectivity index (χ0v) is 20.2. The smallest absolute Gasteiger partial charge is 0.325 e. The van der Waals surface area contributed by atoms with Crippen LogP contribution in [0.3, 0.4) is 0 Å². The number of para-hydroxylation sites is 3. The molecule has 3 amide bonds. The van der Waals surface area contributed by atoms with Crippen LogP contribution in [0.5, 0.6) is 5.75 Å². The minimum Gasteiger partial charge on any atom is -0.485 e. The minimum absolute atomic E-state index is 0.202. The highest BCUT2D eigenvalue weighted by Crippen LogP contribution is 2.27. The van der Waals surface area contributed by atoms with Gasteiger partial charge in [-0.1, -0.05) is 66.4 Å². The zero-order chi connectivity index (χ0) is 24.6. The molecule has 1 heterocycles. The highest BCUT2D eigenvalue weighted by Gasteiger charge is 2.23. The topological polar surface area (TPSA) is 98.1 Å². The van der Waals surface area contributed by atoms with Crippen LogP contribution in [-0.4, -0.2) is 32.0 Å². The Kier molecular flexibility index (Phi) is 7.79. The van der Waals surface area contributed by atoms with Gasteiger partial charge in [-0.15, -0.1) is 10.2 Å². The van der Waals surface area contributed by atoms with Crippen LogP contribution in [0, 0.1) is 6.92 Å². The lowest BCUT2D eigenvalue weighted by molar-refractivity contribution is -0.119. The van der Waals surface area contributed by atoms with E-state index in [0.29, 0.717) is 16.7 Å². The maximum absolute atomic E-state index is 12.7. The van der Waals surface area contributed by atoms with Crippen molar-refractivity contribution in [3.8, 4) is 11.4 Å². The lowest BCUT2D eigenvalue weighted by Crippen LogP contribution is -2.38. The van der Waals surface area contributed by atoms with E-state index in [0.717, 1.165) is 17.0 Å². The van der Waals surface area contributed by atoms with Crippen LogP contribution in [-0.2, 0) is 11.4 Å². The molecule has 1 aromatic heterocycles. The molecule has 0 saturated heterocycles. The highest BCUT2D eigenvalue weighted by atomic mass is 32.2. The van der Waals surface area contributed by atoms with Gasteiger partial charge in [-0.3, -0.25) is 14.7 Å². The minimum atomic E-state index is -0.603. The summed E-state index contributed by atoms with van der Waals surface area (Å²) in [5.74, 6) is 0.918. The average molecular weight is 488 g/mol. The number of rotatable bonds is 8. The maximum atomic E-state index is 12.7. The van der Waals surface area contributed by atoms with Gasteiger partial charge < -0.3 is 10.1 Å². The fourth-order valence-corrected chi connectivity index (χ4v) is 4.16. The second-order valence-electron chi connectivity index (χ2n) is 7.69. The maximum Gasteiger partial charge on any atom is 0.325 e. The van der Waals surface area contributed by atoms with Crippen molar-refractivity contribution in [2.24, 2.45) is 0 Å². The van der Waals surface area contributed by atoms with Crippen molar-refractivity contribution in [1.29, 1.82) is 0 Å². The Morgan fingerprint density at radius 1 is 0.943 bits per heavy atom. The predicted molar refractivity (Wildman–Crippen MR) is 136 cm³/mol. The molecule has 0 aliphatic heterocycles. The number of aromatic nitrogens is 3. The lowest BCUT2D eigenvalue weighted by Gasteiger charge is -2.14. The SMILES string of the molecule is Cc1ccccc1OCc1nnc(SC(C)C(=O)NC(=O)Nc2ccccc2)n1-c1ccccc1. The van der Waals surface area contributed by atoms with Gasteiger partial charge in [0.1, 0.15) is 12.4 Å². The molecule has 1 atom stereocenters. The molecule has 178 valence electrons. The molecular weight excluding hydrogens is 462 g/mol. The summed E-state index contributed by atoms with van der Waals surface area (Å²) in [5.41, 5.74) is 2.46. The molecule has 4 rings (SSSR count). The summed E-state index contributed by atoms with van der Waals surface area (Å²) in [5, 5.41) is 13.6. The first-order valence-electron chi connectivity index (χ1n) is 11.0. The number of ether oxygens (including phenoxy) is 1. The van der Waals surface area contributed by atoms with Gasteiger partial charge in [-0.25, -0.2) is 4.79 Å². The molecule has 9 heteroatoms. The van der Waals surface area contributed by atoms with Crippen molar-refractivity contribution >= 4 is 29.4 Å². The number of aryl methyl sites for hydroxylation is 1. The van der Waals surface area contributed by atoms with E-state index in [9.17, 15) is 9.59 Å². The number of anilines is 1. The number of benzene rings is 3. The molecular formula is C26H25N5O3S. The number of carbonyl (C=O) groups is 2. The van der Waals surface area contributed by atoms with Gasteiger partial charge in [0, 0.05) is 11.4 Å². The van der Waals surface area contributed by atoms with Crippen LogP contribution < -0.4 is 15.4 Å². The number of urea groups is 1. The zero-order valence-electron chi connectivity index (χ0n) is 19.3. The molecule has 0 aliphatic rings. The molecule has 0 bridgehead atoms. The van der Waals surface area contributed by atoms with Gasteiger partial charge in [0.2, 0.25) is 5.91 Å². The number of nitrogens with zero attached hydrogens (tertiary/aromatic N) is 3. The van der Waals surface area contributed by atoms with Gasteiger partial charge >= 0.3 is 6.03 Å². The Morgan fingerprint density at radius 3 is 2.31 bits per heavy atom. The van der Waals surface area contributed by atoms with E-state index in [1.807, 2.05) is 72.2 Å². The first-order valence-corrected chi connectivity index (χ1v) is 11.9. The third-order valence-corrected chi connectivity index (χ3v) is 6.13. The van der Waals surface area contributed by atoms with Crippen molar-refractivity contribution in [2.45, 2.75) is 30.9 Å². The van der Waals surface area contributed by atoms with E-state index < -0.39 is 17.2 Å². The van der Waals surface area contributed by atoms with Crippen LogP contribution in [0.4, 0.5) is 10.5 Å². The van der Waals surface area contributed by atoms with E-state index in [1.54, 1.807) is 31.2 Å². The molecule has 8 nitrogen and oxygen atoms in total. The Bertz CT molecular complexity index is 1290. The first-order chi connectivity index (χ1) is 17.0. The third-order valence-electron chi connectivity index (χ3n) is 5.08. The van der Waals surface area contributed by atoms with Crippen molar-refractivity contribution in [3.63, 3.8) is 0 Å². The van der Waals surface area contributed by atoms with Gasteiger partial charge in [-0.2, -0.15) is 0 Å². The number of imide groups is 1. The van der Waals surface area contributed by atoms with Crippen molar-refractivity contribution in [1.82, 2.24) is 20.1 Å². The van der Waals surface area contributed by atoms with Crippen molar-refractivity contribution < 1.29 is 14.3 Å². The molecule has 0 spiro atoms. The van der Waals surface area contributed by atoms with E-state index in [-0.39, 0.29) is 6.61 Å². The molecule has 35 heavy (non-hydrogen) atoms. The van der Waals surface area contributed by atoms with Gasteiger partial charge in [-0.05, 0) is 49.7 Å². The molecule has 4 aromatic rings. The second-order valence-corrected chi connectivity index (χ2v) is 9.00. The monoisotopic (exact) mass is 487 g/mol. The Morgan fingerprint density at radius 2 is 1.60 bits per heavy atom. The van der Waals surface area contributed by atoms with Crippen molar-refractivity contribution in [3.05, 3.63) is 96.3 Å². The Labute approximate surface area is 207 Å². The predicted octanol–water partition coefficient (Wildman–Crippen LogP) is 4.98. The molecule has 1 unspecified atom stereocenters. The fraction of sp³-hybridized carbons (Fsp3) is 0.154. The summed E-state index contributed by atoms with van der Waals surface area (Å²) in [6, 6.07) is 25.7. The van der Waals surface area contributed by atoms with Crippen LogP contribution in [0.2, 0.25) is 0 Å². The molecule has 2 N–H and O–H groups in total. The summed E-state index contributed by atoms with van der Waals surface area (Å²) in [4.78, 5) is 24.9. The highest BCUT2D eigenvalue weighted by molar-refractivity contribution is 8.00. The van der Waals surface area contributed by atoms with Crippen LogP contribution >= 0.6 is 11.8 Å². The Balaban J connectivity index is 1.48. The number of hydrogen-bond donors (Lipinski definition) is 2. The van der Waals surface area contributed by atoms with Crippen LogP contribution in [0.25, 0.3) is 5.69 Å². The van der Waals surface area contributed by atoms with Gasteiger partial charge in [0.25, 0.3) is 0 Å². The molecule has 0 saturated carbocycles. The number of nitrogens with one attached hydrogen (secondary N) is 2.